The van der Waals surface area contributed by atoms with Gasteiger partial charge in [0.1, 0.15) is 5.82 Å². The smallest absolute Gasteiger partial charge is 0.369 e. The lowest BCUT2D eigenvalue weighted by Gasteiger charge is -2.34. The molecule has 11 heteroatoms. The van der Waals surface area contributed by atoms with E-state index in [4.69, 9.17) is 0 Å². The number of alkyl halides is 3. The number of anilines is 3. The van der Waals surface area contributed by atoms with E-state index in [9.17, 15) is 13.2 Å². The third-order valence-corrected chi connectivity index (χ3v) is 6.99. The molecule has 4 aromatic rings. The summed E-state index contributed by atoms with van der Waals surface area (Å²) < 4.78 is 40.0. The van der Waals surface area contributed by atoms with Gasteiger partial charge in [0, 0.05) is 55.1 Å². The second-order valence-electron chi connectivity index (χ2n) is 8.83. The van der Waals surface area contributed by atoms with E-state index < -0.39 is 11.7 Å². The number of halogens is 3. The molecule has 188 valence electrons. The van der Waals surface area contributed by atoms with Crippen LogP contribution in [0.15, 0.2) is 59.8 Å². The Balaban J connectivity index is 1.29. The number of hydrogen-bond acceptors (Lipinski definition) is 7. The summed E-state index contributed by atoms with van der Waals surface area (Å²) >= 11 is 1.35. The Morgan fingerprint density at radius 2 is 1.64 bits per heavy atom. The molecule has 7 nitrogen and oxygen atoms in total. The van der Waals surface area contributed by atoms with Crippen molar-refractivity contribution in [1.82, 2.24) is 24.5 Å². The molecule has 1 N–H and O–H groups in total. The van der Waals surface area contributed by atoms with Crippen molar-refractivity contribution >= 4 is 34.7 Å². The standard InChI is InChI=1S/C25H26F3N7S/c1-17-15-22(30-20-7-9-21(10-8-20)34-13-11-33(2)12-14-34)35-23(29-17)31-24(32-35)36-16-18-3-5-19(6-4-18)25(26,27)28/h3-10,15,30H,11-14,16H2,1-2H3. The fourth-order valence-electron chi connectivity index (χ4n) is 4.02. The molecule has 1 fully saturated rings. The van der Waals surface area contributed by atoms with Crippen LogP contribution in [-0.4, -0.2) is 57.7 Å². The zero-order valence-corrected chi connectivity index (χ0v) is 20.8. The van der Waals surface area contributed by atoms with Gasteiger partial charge in [0.25, 0.3) is 5.78 Å². The second kappa shape index (κ2) is 9.98. The van der Waals surface area contributed by atoms with Crippen molar-refractivity contribution in [2.45, 2.75) is 24.0 Å². The fraction of sp³-hybridized carbons (Fsp3) is 0.320. The number of likely N-dealkylation sites (N-methyl/N-ethyl adjacent to an activating group) is 1. The summed E-state index contributed by atoms with van der Waals surface area (Å²) in [7, 11) is 2.14. The van der Waals surface area contributed by atoms with Crippen LogP contribution < -0.4 is 10.2 Å². The Morgan fingerprint density at radius 3 is 2.31 bits per heavy atom. The van der Waals surface area contributed by atoms with Crippen molar-refractivity contribution in [3.63, 3.8) is 0 Å². The van der Waals surface area contributed by atoms with Gasteiger partial charge < -0.3 is 15.1 Å². The molecule has 0 spiro atoms. The molecule has 36 heavy (non-hydrogen) atoms. The molecule has 3 heterocycles. The van der Waals surface area contributed by atoms with Gasteiger partial charge in [0.2, 0.25) is 5.16 Å². The average molecular weight is 514 g/mol. The fourth-order valence-corrected chi connectivity index (χ4v) is 4.80. The van der Waals surface area contributed by atoms with Gasteiger partial charge in [0.15, 0.2) is 0 Å². The summed E-state index contributed by atoms with van der Waals surface area (Å²) in [6, 6.07) is 15.4. The summed E-state index contributed by atoms with van der Waals surface area (Å²) in [6.07, 6.45) is -4.34. The van der Waals surface area contributed by atoms with Crippen molar-refractivity contribution in [2.24, 2.45) is 0 Å². The number of benzene rings is 2. The average Bonchev–Trinajstić information content (AvgIpc) is 3.26. The molecular weight excluding hydrogens is 487 g/mol. The normalized spacial score (nSPS) is 15.0. The molecule has 0 atom stereocenters. The van der Waals surface area contributed by atoms with E-state index in [2.05, 4.69) is 49.4 Å². The van der Waals surface area contributed by atoms with Gasteiger partial charge in [-0.3, -0.25) is 0 Å². The van der Waals surface area contributed by atoms with E-state index in [1.807, 2.05) is 25.1 Å². The van der Waals surface area contributed by atoms with Crippen LogP contribution in [-0.2, 0) is 11.9 Å². The molecule has 0 saturated carbocycles. The van der Waals surface area contributed by atoms with Gasteiger partial charge in [-0.15, -0.1) is 5.10 Å². The maximum atomic E-state index is 12.8. The summed E-state index contributed by atoms with van der Waals surface area (Å²) in [5.74, 6) is 1.64. The van der Waals surface area contributed by atoms with E-state index in [1.165, 1.54) is 29.6 Å². The van der Waals surface area contributed by atoms with Gasteiger partial charge in [0.05, 0.1) is 5.56 Å². The van der Waals surface area contributed by atoms with Crippen LogP contribution in [0, 0.1) is 6.92 Å². The largest absolute Gasteiger partial charge is 0.416 e. The van der Waals surface area contributed by atoms with Crippen molar-refractivity contribution in [2.75, 3.05) is 43.4 Å². The van der Waals surface area contributed by atoms with Gasteiger partial charge >= 0.3 is 6.18 Å². The number of rotatable bonds is 6. The van der Waals surface area contributed by atoms with E-state index in [0.29, 0.717) is 16.7 Å². The first-order valence-corrected chi connectivity index (χ1v) is 12.6. The van der Waals surface area contributed by atoms with Crippen LogP contribution in [0.2, 0.25) is 0 Å². The minimum atomic E-state index is -4.34. The molecule has 1 aliphatic rings. The Labute approximate surface area is 211 Å². The number of thioether (sulfide) groups is 1. The van der Waals surface area contributed by atoms with Gasteiger partial charge in [-0.2, -0.15) is 22.7 Å². The highest BCUT2D eigenvalue weighted by molar-refractivity contribution is 7.98. The van der Waals surface area contributed by atoms with Crippen molar-refractivity contribution < 1.29 is 13.2 Å². The molecule has 5 rings (SSSR count). The quantitative estimate of drug-likeness (QED) is 0.354. The van der Waals surface area contributed by atoms with Gasteiger partial charge in [-0.05, 0) is 55.9 Å². The van der Waals surface area contributed by atoms with Crippen LogP contribution in [0.25, 0.3) is 5.78 Å². The number of fused-ring (bicyclic) bond motifs is 1. The maximum Gasteiger partial charge on any atom is 0.416 e. The van der Waals surface area contributed by atoms with Crippen LogP contribution in [0.5, 0.6) is 0 Å². The zero-order chi connectivity index (χ0) is 25.3. The molecule has 2 aromatic carbocycles. The first kappa shape index (κ1) is 24.4. The maximum absolute atomic E-state index is 12.8. The molecule has 0 amide bonds. The minimum Gasteiger partial charge on any atom is -0.369 e. The monoisotopic (exact) mass is 513 g/mol. The topological polar surface area (TPSA) is 61.6 Å². The Kier molecular flexibility index (Phi) is 6.76. The number of hydrogen-bond donors (Lipinski definition) is 1. The first-order valence-electron chi connectivity index (χ1n) is 11.6. The third-order valence-electron chi connectivity index (χ3n) is 6.08. The van der Waals surface area contributed by atoms with Crippen LogP contribution in [0.1, 0.15) is 16.8 Å². The highest BCUT2D eigenvalue weighted by Crippen LogP contribution is 2.30. The number of aromatic nitrogens is 4. The number of piperazine rings is 1. The molecule has 2 aromatic heterocycles. The summed E-state index contributed by atoms with van der Waals surface area (Å²) in [5, 5.41) is 8.48. The Morgan fingerprint density at radius 1 is 0.944 bits per heavy atom. The third kappa shape index (κ3) is 5.57. The predicted octanol–water partition coefficient (Wildman–Crippen LogP) is 5.24. The van der Waals surface area contributed by atoms with E-state index in [-0.39, 0.29) is 0 Å². The van der Waals surface area contributed by atoms with E-state index in [1.54, 1.807) is 4.52 Å². The molecule has 0 aliphatic carbocycles. The molecule has 0 bridgehead atoms. The Hall–Kier alpha value is -3.31. The summed E-state index contributed by atoms with van der Waals surface area (Å²) in [6.45, 7) is 6.03. The molecule has 0 radical (unpaired) electrons. The predicted molar refractivity (Wildman–Crippen MR) is 136 cm³/mol. The molecule has 1 aliphatic heterocycles. The van der Waals surface area contributed by atoms with Crippen LogP contribution in [0.4, 0.5) is 30.4 Å². The van der Waals surface area contributed by atoms with Crippen LogP contribution >= 0.6 is 11.8 Å². The molecule has 0 unspecified atom stereocenters. The first-order chi connectivity index (χ1) is 17.2. The van der Waals surface area contributed by atoms with Crippen molar-refractivity contribution in [1.29, 1.82) is 0 Å². The minimum absolute atomic E-state index is 0.449. The number of aryl methyl sites for hydroxylation is 1. The highest BCUT2D eigenvalue weighted by atomic mass is 32.2. The lowest BCUT2D eigenvalue weighted by Crippen LogP contribution is -2.44. The summed E-state index contributed by atoms with van der Waals surface area (Å²) in [5.41, 5.74) is 3.02. The van der Waals surface area contributed by atoms with E-state index >= 15 is 0 Å². The molecular formula is C25H26F3N7S. The van der Waals surface area contributed by atoms with Gasteiger partial charge in [-0.1, -0.05) is 23.9 Å². The zero-order valence-electron chi connectivity index (χ0n) is 20.0. The highest BCUT2D eigenvalue weighted by Gasteiger charge is 2.29. The summed E-state index contributed by atoms with van der Waals surface area (Å²) in [4.78, 5) is 13.7. The van der Waals surface area contributed by atoms with Crippen LogP contribution in [0.3, 0.4) is 0 Å². The van der Waals surface area contributed by atoms with E-state index in [0.717, 1.165) is 61.1 Å². The van der Waals surface area contributed by atoms with Crippen molar-refractivity contribution in [3.8, 4) is 0 Å². The number of nitrogens with zero attached hydrogens (tertiary/aromatic N) is 6. The Bertz CT molecular complexity index is 1330. The van der Waals surface area contributed by atoms with Crippen molar-refractivity contribution in [3.05, 3.63) is 71.4 Å². The number of nitrogens with one attached hydrogen (secondary N) is 1. The lowest BCUT2D eigenvalue weighted by molar-refractivity contribution is -0.137. The SMILES string of the molecule is Cc1cc(Nc2ccc(N3CCN(C)CC3)cc2)n2nc(SCc3ccc(C(F)(F)F)cc3)nc2n1. The lowest BCUT2D eigenvalue weighted by atomic mass is 10.1. The molecule has 1 saturated heterocycles. The van der Waals surface area contributed by atoms with Gasteiger partial charge in [-0.25, -0.2) is 4.98 Å². The second-order valence-corrected chi connectivity index (χ2v) is 9.78.